The van der Waals surface area contributed by atoms with Crippen molar-refractivity contribution in [3.05, 3.63) is 70.3 Å². The number of unbranched alkanes of at least 4 members (excludes halogenated alkanes) is 24. The molecule has 0 radical (unpaired) electrons. The Labute approximate surface area is 418 Å². The molecule has 2 N–H and O–H groups in total. The predicted octanol–water partition coefficient (Wildman–Crippen LogP) is 21.1. The van der Waals surface area contributed by atoms with Crippen LogP contribution in [0.3, 0.4) is 0 Å². The van der Waals surface area contributed by atoms with Gasteiger partial charge in [0.15, 0.2) is 0 Å². The van der Waals surface area contributed by atoms with E-state index in [-0.39, 0.29) is 0 Å². The van der Waals surface area contributed by atoms with Gasteiger partial charge in [0.2, 0.25) is 0 Å². The van der Waals surface area contributed by atoms with E-state index in [2.05, 4.69) is 98.4 Å². The molecule has 3 aromatic heterocycles. The van der Waals surface area contributed by atoms with E-state index in [1.807, 2.05) is 0 Å². The Kier molecular flexibility index (Phi) is 28.4. The molecule has 2 atom stereocenters. The van der Waals surface area contributed by atoms with E-state index in [4.69, 9.17) is 9.97 Å². The molecule has 0 saturated carbocycles. The minimum atomic E-state index is 0.832. The molecule has 0 aliphatic carbocycles. The highest BCUT2D eigenvalue weighted by molar-refractivity contribution is 5.80. The smallest absolute Gasteiger partial charge is 0.0691 e. The summed E-state index contributed by atoms with van der Waals surface area (Å²) in [4.78, 5) is 18.3. The van der Waals surface area contributed by atoms with Gasteiger partial charge < -0.3 is 9.97 Å². The van der Waals surface area contributed by atoms with E-state index in [0.29, 0.717) is 0 Å². The fourth-order valence-electron chi connectivity index (χ4n) is 11.3. The van der Waals surface area contributed by atoms with Crippen molar-refractivity contribution in [2.45, 2.75) is 272 Å². The molecule has 0 fully saturated rings. The van der Waals surface area contributed by atoms with Crippen LogP contribution in [0.5, 0.6) is 0 Å². The van der Waals surface area contributed by atoms with Crippen LogP contribution in [0.1, 0.15) is 293 Å². The van der Waals surface area contributed by atoms with Crippen LogP contribution in [0.25, 0.3) is 46.4 Å². The van der Waals surface area contributed by atoms with Crippen LogP contribution in [0.4, 0.5) is 0 Å². The molecule has 5 rings (SSSR count). The molecule has 2 aliphatic rings. The molecule has 0 spiro atoms. The van der Waals surface area contributed by atoms with Gasteiger partial charge in [-0.05, 0) is 104 Å². The number of nitrogens with one attached hydrogen (secondary N) is 2. The zero-order valence-corrected chi connectivity index (χ0v) is 44.7. The van der Waals surface area contributed by atoms with E-state index >= 15 is 0 Å². The quantitative estimate of drug-likeness (QED) is 0.0385. The molecule has 3 aromatic rings. The Bertz CT molecular complexity index is 1900. The van der Waals surface area contributed by atoms with Crippen molar-refractivity contribution in [2.75, 3.05) is 0 Å². The van der Waals surface area contributed by atoms with Crippen molar-refractivity contribution in [1.82, 2.24) is 19.9 Å². The van der Waals surface area contributed by atoms with Crippen molar-refractivity contribution in [2.24, 2.45) is 11.8 Å². The van der Waals surface area contributed by atoms with Crippen molar-refractivity contribution in [3.63, 3.8) is 0 Å². The zero-order valence-electron chi connectivity index (χ0n) is 44.7. The largest absolute Gasteiger partial charge is 0.355 e. The molecule has 378 valence electrons. The standard InChI is InChI=1S/C64H102N4/c1-5-9-13-17-21-23-27-31-37-53(35-29-25-19-15-11-7-3)39-33-41-59-61-47-43-55(65-61)51-57-45-49-63(67-57)60(64-50-46-58(68-64)52-56-44-48-62(59)66-56)42-34-40-54(36-30-26-20-16-12-8-4)38-32-28-24-22-18-14-10-6-2/h43-54,65-66H,5-42H2,1-4H3. The molecule has 2 unspecified atom stereocenters. The van der Waals surface area contributed by atoms with Crippen molar-refractivity contribution < 1.29 is 0 Å². The number of aromatic nitrogens is 4. The van der Waals surface area contributed by atoms with Crippen LogP contribution >= 0.6 is 0 Å². The average molecular weight is 928 g/mol. The maximum absolute atomic E-state index is 5.29. The summed E-state index contributed by atoms with van der Waals surface area (Å²) in [5.74, 6) is 1.68. The first-order chi connectivity index (χ1) is 33.6. The monoisotopic (exact) mass is 927 g/mol. The summed E-state index contributed by atoms with van der Waals surface area (Å²) in [6.45, 7) is 9.29. The minimum Gasteiger partial charge on any atom is -0.355 e. The minimum absolute atomic E-state index is 0.832. The van der Waals surface area contributed by atoms with Crippen molar-refractivity contribution >= 4 is 46.4 Å². The van der Waals surface area contributed by atoms with Gasteiger partial charge in [-0.15, -0.1) is 0 Å². The van der Waals surface area contributed by atoms with E-state index in [9.17, 15) is 0 Å². The van der Waals surface area contributed by atoms with Gasteiger partial charge in [-0.25, -0.2) is 9.97 Å². The zero-order chi connectivity index (χ0) is 47.7. The molecule has 68 heavy (non-hydrogen) atoms. The van der Waals surface area contributed by atoms with Crippen LogP contribution in [0.2, 0.25) is 0 Å². The third-order valence-electron chi connectivity index (χ3n) is 15.6. The lowest BCUT2D eigenvalue weighted by Gasteiger charge is -2.17. The fraction of sp³-hybridized carbons (Fsp3) is 0.688. The van der Waals surface area contributed by atoms with Gasteiger partial charge in [-0.1, -0.05) is 246 Å². The first-order valence-corrected chi connectivity index (χ1v) is 29.7. The highest BCUT2D eigenvalue weighted by atomic mass is 14.8. The summed E-state index contributed by atoms with van der Waals surface area (Å²) in [5, 5.41) is 0. The number of aryl methyl sites for hydroxylation is 1. The van der Waals surface area contributed by atoms with E-state index in [1.54, 1.807) is 0 Å². The fourth-order valence-corrected chi connectivity index (χ4v) is 11.3. The third kappa shape index (κ3) is 21.7. The van der Waals surface area contributed by atoms with Crippen LogP contribution < -0.4 is 0 Å². The van der Waals surface area contributed by atoms with Crippen LogP contribution in [-0.4, -0.2) is 19.9 Å². The molecule has 2 aliphatic heterocycles. The van der Waals surface area contributed by atoms with Gasteiger partial charge in [0.1, 0.15) is 0 Å². The second kappa shape index (κ2) is 34.8. The summed E-state index contributed by atoms with van der Waals surface area (Å²) in [6, 6.07) is 13.6. The van der Waals surface area contributed by atoms with E-state index in [0.717, 1.165) is 58.5 Å². The van der Waals surface area contributed by atoms with Gasteiger partial charge >= 0.3 is 0 Å². The molecule has 8 bridgehead atoms. The molecule has 0 amide bonds. The SMILES string of the molecule is CCCCCCCCCCC(CCCCCCCC)CCCc1c2nc(cc3ccc([nH]3)c(CCCC(CCCCCCCC)CCCCCCCCCC)c3ccc(cc4nc1C=C4)[nH]3)C=C2. The Balaban J connectivity index is 1.29. The van der Waals surface area contributed by atoms with Gasteiger partial charge in [-0.3, -0.25) is 0 Å². The first-order valence-electron chi connectivity index (χ1n) is 29.7. The molecular formula is C64H102N4. The second-order valence-corrected chi connectivity index (χ2v) is 21.6. The molecule has 0 aromatic carbocycles. The first kappa shape index (κ1) is 55.5. The van der Waals surface area contributed by atoms with Crippen LogP contribution in [-0.2, 0) is 12.8 Å². The molecule has 0 saturated heterocycles. The number of aromatic amines is 2. The Morgan fingerprint density at radius 2 is 0.647 bits per heavy atom. The van der Waals surface area contributed by atoms with Gasteiger partial charge in [0.25, 0.3) is 0 Å². The van der Waals surface area contributed by atoms with Gasteiger partial charge in [-0.2, -0.15) is 0 Å². The summed E-state index contributed by atoms with van der Waals surface area (Å²) >= 11 is 0. The summed E-state index contributed by atoms with van der Waals surface area (Å²) in [6.07, 6.45) is 60.9. The number of hydrogen-bond donors (Lipinski definition) is 2. The maximum atomic E-state index is 5.29. The molecule has 4 nitrogen and oxygen atoms in total. The molecular weight excluding hydrogens is 825 g/mol. The van der Waals surface area contributed by atoms with Crippen molar-refractivity contribution in [1.29, 1.82) is 0 Å². The maximum Gasteiger partial charge on any atom is 0.0691 e. The van der Waals surface area contributed by atoms with Gasteiger partial charge in [0, 0.05) is 27.6 Å². The van der Waals surface area contributed by atoms with Crippen LogP contribution in [0.15, 0.2) is 36.4 Å². The Morgan fingerprint density at radius 1 is 0.338 bits per heavy atom. The van der Waals surface area contributed by atoms with Crippen molar-refractivity contribution in [3.8, 4) is 0 Å². The van der Waals surface area contributed by atoms with Crippen LogP contribution in [0, 0.1) is 11.8 Å². The lowest BCUT2D eigenvalue weighted by Crippen LogP contribution is -2.04. The number of hydrogen-bond acceptors (Lipinski definition) is 2. The molecule has 5 heterocycles. The lowest BCUT2D eigenvalue weighted by molar-refractivity contribution is 0.372. The summed E-state index contributed by atoms with van der Waals surface area (Å²) in [5.41, 5.74) is 11.6. The molecule has 4 heteroatoms. The predicted molar refractivity (Wildman–Crippen MR) is 302 cm³/mol. The van der Waals surface area contributed by atoms with E-state index in [1.165, 1.54) is 253 Å². The second-order valence-electron chi connectivity index (χ2n) is 21.6. The normalized spacial score (nSPS) is 13.2. The Hall–Kier alpha value is -3.40. The average Bonchev–Trinajstić information content (AvgIpc) is 4.20. The number of fused-ring (bicyclic) bond motifs is 8. The number of rotatable bonds is 40. The third-order valence-corrected chi connectivity index (χ3v) is 15.6. The van der Waals surface area contributed by atoms with Gasteiger partial charge in [0.05, 0.1) is 22.8 Å². The van der Waals surface area contributed by atoms with E-state index < -0.39 is 0 Å². The summed E-state index contributed by atoms with van der Waals surface area (Å²) in [7, 11) is 0. The summed E-state index contributed by atoms with van der Waals surface area (Å²) < 4.78 is 0. The topological polar surface area (TPSA) is 57.4 Å². The number of nitrogens with zero attached hydrogens (tertiary/aromatic N) is 2. The Morgan fingerprint density at radius 3 is 1.00 bits per heavy atom. The number of H-pyrrole nitrogens is 2. The highest BCUT2D eigenvalue weighted by Crippen LogP contribution is 2.30. The highest BCUT2D eigenvalue weighted by Gasteiger charge is 2.16. The lowest BCUT2D eigenvalue weighted by atomic mass is 9.89.